The van der Waals surface area contributed by atoms with Gasteiger partial charge in [0.25, 0.3) is 0 Å². The summed E-state index contributed by atoms with van der Waals surface area (Å²) in [6, 6.07) is 5.34. The minimum Gasteiger partial charge on any atom is -0.399 e. The number of nitrogen functional groups attached to an aromatic ring is 1. The Bertz CT molecular complexity index is 599. The normalized spacial score (nSPS) is 11.6. The standard InChI is InChI=1S/C12H10F3N3S/c1-7-4-5-17-11(18-7)19-10-3-2-8(16)6-9(10)12(13,14)15/h2-6H,16H2,1H3. The van der Waals surface area contributed by atoms with E-state index >= 15 is 0 Å². The van der Waals surface area contributed by atoms with Crippen molar-refractivity contribution < 1.29 is 13.2 Å². The van der Waals surface area contributed by atoms with Crippen molar-refractivity contribution in [2.24, 2.45) is 0 Å². The van der Waals surface area contributed by atoms with Crippen LogP contribution in [-0.4, -0.2) is 9.97 Å². The van der Waals surface area contributed by atoms with E-state index in [1.54, 1.807) is 13.0 Å². The maximum atomic E-state index is 12.9. The first-order valence-corrected chi connectivity index (χ1v) is 6.12. The van der Waals surface area contributed by atoms with Gasteiger partial charge in [0.05, 0.1) is 5.56 Å². The number of anilines is 1. The van der Waals surface area contributed by atoms with E-state index in [1.807, 2.05) is 0 Å². The van der Waals surface area contributed by atoms with Gasteiger partial charge in [0.15, 0.2) is 5.16 Å². The van der Waals surface area contributed by atoms with Gasteiger partial charge in [-0.15, -0.1) is 0 Å². The zero-order valence-corrected chi connectivity index (χ0v) is 10.7. The Morgan fingerprint density at radius 1 is 1.21 bits per heavy atom. The quantitative estimate of drug-likeness (QED) is 0.677. The van der Waals surface area contributed by atoms with Gasteiger partial charge in [-0.1, -0.05) is 0 Å². The van der Waals surface area contributed by atoms with Crippen molar-refractivity contribution in [3.63, 3.8) is 0 Å². The molecule has 19 heavy (non-hydrogen) atoms. The highest BCUT2D eigenvalue weighted by molar-refractivity contribution is 7.99. The van der Waals surface area contributed by atoms with Crippen LogP contribution in [0.1, 0.15) is 11.3 Å². The molecule has 7 heteroatoms. The molecule has 2 N–H and O–H groups in total. The van der Waals surface area contributed by atoms with Crippen LogP contribution in [-0.2, 0) is 6.18 Å². The van der Waals surface area contributed by atoms with Crippen LogP contribution in [0.15, 0.2) is 40.5 Å². The van der Waals surface area contributed by atoms with E-state index in [0.29, 0.717) is 5.69 Å². The summed E-state index contributed by atoms with van der Waals surface area (Å²) in [5.41, 5.74) is 5.39. The summed E-state index contributed by atoms with van der Waals surface area (Å²) in [6.45, 7) is 1.75. The monoisotopic (exact) mass is 285 g/mol. The smallest absolute Gasteiger partial charge is 0.399 e. The molecule has 0 spiro atoms. The Hall–Kier alpha value is -1.76. The Kier molecular flexibility index (Phi) is 3.66. The summed E-state index contributed by atoms with van der Waals surface area (Å²) in [7, 11) is 0. The number of nitrogens with zero attached hydrogens (tertiary/aromatic N) is 2. The first-order valence-electron chi connectivity index (χ1n) is 5.30. The topological polar surface area (TPSA) is 51.8 Å². The molecule has 100 valence electrons. The predicted molar refractivity (Wildman–Crippen MR) is 66.7 cm³/mol. The Morgan fingerprint density at radius 2 is 1.95 bits per heavy atom. The van der Waals surface area contributed by atoms with Gasteiger partial charge in [0, 0.05) is 22.5 Å². The first-order chi connectivity index (χ1) is 8.86. The van der Waals surface area contributed by atoms with Crippen LogP contribution < -0.4 is 5.73 Å². The van der Waals surface area contributed by atoms with Crippen LogP contribution >= 0.6 is 11.8 Å². The molecule has 0 aliphatic heterocycles. The van der Waals surface area contributed by atoms with Crippen molar-refractivity contribution in [1.82, 2.24) is 9.97 Å². The number of aryl methyl sites for hydroxylation is 1. The van der Waals surface area contributed by atoms with Crippen molar-refractivity contribution in [2.75, 3.05) is 5.73 Å². The Balaban J connectivity index is 2.40. The number of aromatic nitrogens is 2. The van der Waals surface area contributed by atoms with Crippen molar-refractivity contribution in [1.29, 1.82) is 0 Å². The highest BCUT2D eigenvalue weighted by Crippen LogP contribution is 2.39. The van der Waals surface area contributed by atoms with Gasteiger partial charge in [-0.25, -0.2) is 9.97 Å². The number of nitrogens with two attached hydrogens (primary N) is 1. The van der Waals surface area contributed by atoms with Gasteiger partial charge in [0.2, 0.25) is 0 Å². The third kappa shape index (κ3) is 3.37. The van der Waals surface area contributed by atoms with Gasteiger partial charge in [-0.3, -0.25) is 0 Å². The number of halogens is 3. The molecule has 2 rings (SSSR count). The van der Waals surface area contributed by atoms with Crippen LogP contribution in [0.3, 0.4) is 0 Å². The molecule has 1 heterocycles. The van der Waals surface area contributed by atoms with Gasteiger partial charge >= 0.3 is 6.18 Å². The lowest BCUT2D eigenvalue weighted by atomic mass is 10.2. The molecule has 3 nitrogen and oxygen atoms in total. The van der Waals surface area contributed by atoms with Gasteiger partial charge in [-0.05, 0) is 43.0 Å². The molecule has 2 aromatic rings. The molecule has 0 aliphatic rings. The third-order valence-corrected chi connectivity index (χ3v) is 3.24. The zero-order chi connectivity index (χ0) is 14.0. The lowest BCUT2D eigenvalue weighted by Crippen LogP contribution is -2.07. The molecule has 0 amide bonds. The average Bonchev–Trinajstić information content (AvgIpc) is 2.30. The summed E-state index contributed by atoms with van der Waals surface area (Å²) in [5, 5.41) is 0.273. The molecular weight excluding hydrogens is 275 g/mol. The summed E-state index contributed by atoms with van der Waals surface area (Å²) < 4.78 is 38.7. The fraction of sp³-hybridized carbons (Fsp3) is 0.167. The highest BCUT2D eigenvalue weighted by Gasteiger charge is 2.34. The van der Waals surface area contributed by atoms with Crippen LogP contribution in [0.4, 0.5) is 18.9 Å². The van der Waals surface area contributed by atoms with Crippen molar-refractivity contribution in [2.45, 2.75) is 23.2 Å². The van der Waals surface area contributed by atoms with Gasteiger partial charge < -0.3 is 5.73 Å². The molecule has 0 bridgehead atoms. The molecule has 0 radical (unpaired) electrons. The minimum absolute atomic E-state index is 0.0345. The largest absolute Gasteiger partial charge is 0.417 e. The van der Waals surface area contributed by atoms with Crippen LogP contribution in [0, 0.1) is 6.92 Å². The minimum atomic E-state index is -4.46. The van der Waals surface area contributed by atoms with Gasteiger partial charge in [0.1, 0.15) is 0 Å². The Labute approximate surface area is 112 Å². The molecule has 0 saturated carbocycles. The highest BCUT2D eigenvalue weighted by atomic mass is 32.2. The van der Waals surface area contributed by atoms with Crippen LogP contribution in [0.2, 0.25) is 0 Å². The number of hydrogen-bond acceptors (Lipinski definition) is 4. The van der Waals surface area contributed by atoms with Gasteiger partial charge in [-0.2, -0.15) is 13.2 Å². The molecule has 0 saturated heterocycles. The molecule has 0 atom stereocenters. The SMILES string of the molecule is Cc1ccnc(Sc2ccc(N)cc2C(F)(F)F)n1. The van der Waals surface area contributed by atoms with Crippen molar-refractivity contribution in [3.05, 3.63) is 41.7 Å². The van der Waals surface area contributed by atoms with E-state index in [4.69, 9.17) is 5.73 Å². The fourth-order valence-electron chi connectivity index (χ4n) is 1.43. The Morgan fingerprint density at radius 3 is 2.58 bits per heavy atom. The maximum Gasteiger partial charge on any atom is 0.417 e. The molecule has 0 unspecified atom stereocenters. The predicted octanol–water partition coefficient (Wildman–Crippen LogP) is 3.54. The van der Waals surface area contributed by atoms with E-state index in [-0.39, 0.29) is 15.7 Å². The fourth-order valence-corrected chi connectivity index (χ4v) is 2.35. The number of benzene rings is 1. The molecule has 1 aromatic heterocycles. The molecule has 0 aliphatic carbocycles. The summed E-state index contributed by atoms with van der Waals surface area (Å²) in [4.78, 5) is 8.04. The second kappa shape index (κ2) is 5.08. The summed E-state index contributed by atoms with van der Waals surface area (Å²) in [6.07, 6.45) is -2.95. The first kappa shape index (κ1) is 13.7. The van der Waals surface area contributed by atoms with Crippen LogP contribution in [0.5, 0.6) is 0 Å². The molecular formula is C12H10F3N3S. The van der Waals surface area contributed by atoms with E-state index in [9.17, 15) is 13.2 Å². The molecule has 1 aromatic carbocycles. The second-order valence-corrected chi connectivity index (χ2v) is 4.85. The number of rotatable bonds is 2. The number of hydrogen-bond donors (Lipinski definition) is 1. The van der Waals surface area contributed by atoms with Crippen molar-refractivity contribution in [3.8, 4) is 0 Å². The van der Waals surface area contributed by atoms with E-state index in [0.717, 1.165) is 17.8 Å². The lowest BCUT2D eigenvalue weighted by molar-refractivity contribution is -0.139. The maximum absolute atomic E-state index is 12.9. The number of alkyl halides is 3. The lowest BCUT2D eigenvalue weighted by Gasteiger charge is -2.12. The molecule has 0 fully saturated rings. The van der Waals surface area contributed by atoms with E-state index in [1.165, 1.54) is 18.3 Å². The average molecular weight is 285 g/mol. The third-order valence-electron chi connectivity index (χ3n) is 2.28. The summed E-state index contributed by atoms with van der Waals surface area (Å²) >= 11 is 0.866. The van der Waals surface area contributed by atoms with E-state index in [2.05, 4.69) is 9.97 Å². The van der Waals surface area contributed by atoms with Crippen molar-refractivity contribution >= 4 is 17.4 Å². The zero-order valence-electron chi connectivity index (χ0n) is 9.90. The summed E-state index contributed by atoms with van der Waals surface area (Å²) in [5.74, 6) is 0. The van der Waals surface area contributed by atoms with E-state index < -0.39 is 11.7 Å². The second-order valence-electron chi connectivity index (χ2n) is 3.84. The van der Waals surface area contributed by atoms with Crippen LogP contribution in [0.25, 0.3) is 0 Å².